The minimum Gasteiger partial charge on any atom is -0.390 e. The van der Waals surface area contributed by atoms with Crippen LogP contribution in [0.1, 0.15) is 26.0 Å². The Balaban J connectivity index is 1.53. The molecule has 1 saturated carbocycles. The Hall–Kier alpha value is -3.66. The van der Waals surface area contributed by atoms with E-state index in [0.717, 1.165) is 22.3 Å². The van der Waals surface area contributed by atoms with Crippen LogP contribution in [0.3, 0.4) is 0 Å². The van der Waals surface area contributed by atoms with Gasteiger partial charge in [0.15, 0.2) is 0 Å². The molecule has 9 nitrogen and oxygen atoms in total. The zero-order chi connectivity index (χ0) is 25.4. The number of aromatic nitrogens is 4. The zero-order valence-corrected chi connectivity index (χ0v) is 20.4. The Kier molecular flexibility index (Phi) is 6.29. The van der Waals surface area contributed by atoms with Crippen molar-refractivity contribution in [3.05, 3.63) is 66.6 Å². The average molecular weight is 487 g/mol. The van der Waals surface area contributed by atoms with Crippen LogP contribution in [0.4, 0.5) is 17.5 Å². The second-order valence-corrected chi connectivity index (χ2v) is 9.88. The maximum atomic E-state index is 10.8. The summed E-state index contributed by atoms with van der Waals surface area (Å²) in [5.74, 6) is 0.333. The second-order valence-electron chi connectivity index (χ2n) is 9.88. The van der Waals surface area contributed by atoms with Crippen molar-refractivity contribution in [1.29, 1.82) is 0 Å². The van der Waals surface area contributed by atoms with Crippen molar-refractivity contribution >= 4 is 28.4 Å². The second kappa shape index (κ2) is 9.42. The molecule has 9 heteroatoms. The molecule has 36 heavy (non-hydrogen) atoms. The Morgan fingerprint density at radius 2 is 1.78 bits per heavy atom. The van der Waals surface area contributed by atoms with Gasteiger partial charge in [-0.25, -0.2) is 9.97 Å². The van der Waals surface area contributed by atoms with Crippen molar-refractivity contribution in [1.82, 2.24) is 19.9 Å². The van der Waals surface area contributed by atoms with Crippen LogP contribution in [0.15, 0.2) is 60.9 Å². The summed E-state index contributed by atoms with van der Waals surface area (Å²) in [6, 6.07) is 14.9. The number of nitrogens with zero attached hydrogens (tertiary/aromatic N) is 4. The van der Waals surface area contributed by atoms with Gasteiger partial charge in [-0.3, -0.25) is 4.98 Å². The lowest BCUT2D eigenvalue weighted by Gasteiger charge is -2.28. The normalized spacial score (nSPS) is 22.1. The molecule has 1 aliphatic carbocycles. The molecule has 0 aliphatic heterocycles. The topological polar surface area (TPSA) is 136 Å². The molecule has 0 amide bonds. The fourth-order valence-corrected chi connectivity index (χ4v) is 4.76. The van der Waals surface area contributed by atoms with Crippen molar-refractivity contribution in [2.45, 2.75) is 51.0 Å². The first kappa shape index (κ1) is 24.1. The average Bonchev–Trinajstić information content (AvgIpc) is 3.13. The molecule has 4 unspecified atom stereocenters. The van der Waals surface area contributed by atoms with E-state index in [9.17, 15) is 15.3 Å². The van der Waals surface area contributed by atoms with Gasteiger partial charge in [0.1, 0.15) is 11.9 Å². The number of para-hydroxylation sites is 1. The highest BCUT2D eigenvalue weighted by Gasteiger charge is 2.47. The summed E-state index contributed by atoms with van der Waals surface area (Å²) in [6.07, 6.45) is 1.62. The van der Waals surface area contributed by atoms with Crippen molar-refractivity contribution in [2.75, 3.05) is 10.6 Å². The standard InChI is InChI=1S/C27H30N6O3/c1-15-12-17(10-11-28-15)30-26-29-14-18(21-9-8-16-6-4-5-7-20(16)31-21)25(33-26)32-22-13-19(27(2,3)36)23(34)24(22)35/h4-12,14,19,22-24,34-36H,13H2,1-3H3,(H2,28,29,30,32,33). The van der Waals surface area contributed by atoms with Crippen LogP contribution in [0, 0.1) is 12.8 Å². The van der Waals surface area contributed by atoms with E-state index in [1.54, 1.807) is 26.2 Å². The number of benzene rings is 1. The fraction of sp³-hybridized carbons (Fsp3) is 0.333. The minimum absolute atomic E-state index is 0.361. The molecule has 3 aromatic heterocycles. The molecule has 0 radical (unpaired) electrons. The lowest BCUT2D eigenvalue weighted by atomic mass is 9.88. The third-order valence-corrected chi connectivity index (χ3v) is 6.73. The summed E-state index contributed by atoms with van der Waals surface area (Å²) in [7, 11) is 0. The maximum absolute atomic E-state index is 10.8. The van der Waals surface area contributed by atoms with E-state index in [1.165, 1.54) is 0 Å². The highest BCUT2D eigenvalue weighted by Crippen LogP contribution is 2.37. The minimum atomic E-state index is -1.14. The maximum Gasteiger partial charge on any atom is 0.229 e. The van der Waals surface area contributed by atoms with Crippen LogP contribution in [0.5, 0.6) is 0 Å². The first-order valence-electron chi connectivity index (χ1n) is 12.0. The number of pyridine rings is 2. The molecule has 186 valence electrons. The van der Waals surface area contributed by atoms with E-state index in [-0.39, 0.29) is 0 Å². The molecule has 5 rings (SSSR count). The van der Waals surface area contributed by atoms with Gasteiger partial charge in [-0.1, -0.05) is 24.3 Å². The SMILES string of the molecule is Cc1cc(Nc2ncc(-c3ccc4ccccc4n3)c(NC3CC(C(C)(C)O)C(O)C3O)n2)ccn1. The lowest BCUT2D eigenvalue weighted by molar-refractivity contribution is -0.0601. The Morgan fingerprint density at radius 1 is 0.972 bits per heavy atom. The predicted octanol–water partition coefficient (Wildman–Crippen LogP) is 3.43. The van der Waals surface area contributed by atoms with Gasteiger partial charge in [-0.15, -0.1) is 0 Å². The van der Waals surface area contributed by atoms with Crippen LogP contribution in [-0.2, 0) is 0 Å². The van der Waals surface area contributed by atoms with E-state index in [2.05, 4.69) is 20.6 Å². The summed E-state index contributed by atoms with van der Waals surface area (Å²) in [6.45, 7) is 5.19. The van der Waals surface area contributed by atoms with Crippen molar-refractivity contribution in [3.8, 4) is 11.3 Å². The molecular formula is C27H30N6O3. The highest BCUT2D eigenvalue weighted by atomic mass is 16.3. The highest BCUT2D eigenvalue weighted by molar-refractivity contribution is 5.83. The van der Waals surface area contributed by atoms with Gasteiger partial charge in [0.05, 0.1) is 34.5 Å². The fourth-order valence-electron chi connectivity index (χ4n) is 4.76. The molecule has 1 aliphatic rings. The van der Waals surface area contributed by atoms with Gasteiger partial charge in [-0.2, -0.15) is 4.98 Å². The third-order valence-electron chi connectivity index (χ3n) is 6.73. The summed E-state index contributed by atoms with van der Waals surface area (Å²) in [5, 5.41) is 39.4. The van der Waals surface area contributed by atoms with Crippen LogP contribution < -0.4 is 10.6 Å². The van der Waals surface area contributed by atoms with Gasteiger partial charge < -0.3 is 26.0 Å². The number of rotatable bonds is 6. The Labute approximate surface area is 209 Å². The number of nitrogens with one attached hydrogen (secondary N) is 2. The number of hydrogen-bond acceptors (Lipinski definition) is 9. The third kappa shape index (κ3) is 4.86. The van der Waals surface area contributed by atoms with E-state index in [4.69, 9.17) is 9.97 Å². The van der Waals surface area contributed by atoms with Gasteiger partial charge >= 0.3 is 0 Å². The van der Waals surface area contributed by atoms with Crippen molar-refractivity contribution in [2.24, 2.45) is 5.92 Å². The molecule has 5 N–H and O–H groups in total. The van der Waals surface area contributed by atoms with Crippen LogP contribution in [0.2, 0.25) is 0 Å². The molecule has 4 aromatic rings. The number of aryl methyl sites for hydroxylation is 1. The van der Waals surface area contributed by atoms with E-state index < -0.39 is 29.8 Å². The van der Waals surface area contributed by atoms with Gasteiger partial charge in [0.25, 0.3) is 0 Å². The largest absolute Gasteiger partial charge is 0.390 e. The molecule has 0 bridgehead atoms. The van der Waals surface area contributed by atoms with Crippen LogP contribution >= 0.6 is 0 Å². The molecular weight excluding hydrogens is 456 g/mol. The molecule has 1 fully saturated rings. The van der Waals surface area contributed by atoms with Crippen LogP contribution in [0.25, 0.3) is 22.2 Å². The van der Waals surface area contributed by atoms with Gasteiger partial charge in [-0.05, 0) is 51.5 Å². The number of aliphatic hydroxyl groups excluding tert-OH is 2. The van der Waals surface area contributed by atoms with Gasteiger partial charge in [0, 0.05) is 35.1 Å². The molecule has 4 atom stereocenters. The number of aliphatic hydroxyl groups is 3. The van der Waals surface area contributed by atoms with E-state index in [1.807, 2.05) is 55.5 Å². The monoisotopic (exact) mass is 486 g/mol. The number of fused-ring (bicyclic) bond motifs is 1. The van der Waals surface area contributed by atoms with Crippen LogP contribution in [-0.4, -0.2) is 59.1 Å². The Bertz CT molecular complexity index is 1390. The van der Waals surface area contributed by atoms with E-state index in [0.29, 0.717) is 29.4 Å². The van der Waals surface area contributed by atoms with E-state index >= 15 is 0 Å². The smallest absolute Gasteiger partial charge is 0.229 e. The van der Waals surface area contributed by atoms with Crippen molar-refractivity contribution in [3.63, 3.8) is 0 Å². The van der Waals surface area contributed by atoms with Crippen molar-refractivity contribution < 1.29 is 15.3 Å². The molecule has 0 spiro atoms. The number of anilines is 3. The summed E-state index contributed by atoms with van der Waals surface area (Å²) >= 11 is 0. The molecule has 1 aromatic carbocycles. The summed E-state index contributed by atoms with van der Waals surface area (Å²) < 4.78 is 0. The lowest BCUT2D eigenvalue weighted by Crippen LogP contribution is -2.40. The predicted molar refractivity (Wildman–Crippen MR) is 139 cm³/mol. The quantitative estimate of drug-likeness (QED) is 0.278. The molecule has 0 saturated heterocycles. The summed E-state index contributed by atoms with van der Waals surface area (Å²) in [4.78, 5) is 18.2. The molecule has 3 heterocycles. The number of hydrogen-bond donors (Lipinski definition) is 5. The first-order chi connectivity index (χ1) is 17.2. The van der Waals surface area contributed by atoms with Gasteiger partial charge in [0.2, 0.25) is 5.95 Å². The Morgan fingerprint density at radius 3 is 2.53 bits per heavy atom. The first-order valence-corrected chi connectivity index (χ1v) is 12.0. The zero-order valence-electron chi connectivity index (χ0n) is 20.4. The summed E-state index contributed by atoms with van der Waals surface area (Å²) in [5.41, 5.74) is 2.69.